The van der Waals surface area contributed by atoms with Gasteiger partial charge in [0, 0.05) is 55.7 Å². The highest BCUT2D eigenvalue weighted by atomic mass is 32.2. The molecule has 370 valence electrons. The number of carbonyl (C=O) groups excluding carboxylic acids is 3. The number of fused-ring (bicyclic) bond motifs is 2. The van der Waals surface area contributed by atoms with E-state index in [4.69, 9.17) is 0 Å². The highest BCUT2D eigenvalue weighted by molar-refractivity contribution is 7.88. The van der Waals surface area contributed by atoms with Crippen molar-refractivity contribution in [3.63, 3.8) is 0 Å². The number of nitrogens with one attached hydrogen (secondary N) is 4. The fourth-order valence-electron chi connectivity index (χ4n) is 6.68. The number of nitro groups is 1. The highest BCUT2D eigenvalue weighted by Gasteiger charge is 2.30. The Morgan fingerprint density at radius 3 is 1.20 bits per heavy atom. The van der Waals surface area contributed by atoms with E-state index in [1.807, 2.05) is 0 Å². The molecule has 0 heterocycles. The summed E-state index contributed by atoms with van der Waals surface area (Å²) in [5.41, 5.74) is -3.95. The number of anilines is 4. The molecule has 0 aromatic heterocycles. The summed E-state index contributed by atoms with van der Waals surface area (Å²) in [5.74, 6) is -2.86. The van der Waals surface area contributed by atoms with E-state index >= 15 is 0 Å². The summed E-state index contributed by atoms with van der Waals surface area (Å²) in [7, 11) is -32.9. The van der Waals surface area contributed by atoms with Crippen molar-refractivity contribution in [1.29, 1.82) is 0 Å². The molecule has 4 amide bonds. The van der Waals surface area contributed by atoms with E-state index in [-0.39, 0.29) is 23.4 Å². The number of urea groups is 1. The Morgan fingerprint density at radius 1 is 0.457 bits per heavy atom. The first-order valence-electron chi connectivity index (χ1n) is 18.1. The maximum atomic E-state index is 14.1. The molecular formula is C36H27N5O23S6. The topological polar surface area (TPSA) is 469 Å². The number of nitro benzene ring substituents is 1. The SMILES string of the molecule is Cc1ccc(NC(=O)Nc2cc(C(=O)Nc3ccc(S(=O)(=O)O)c4cc(S(=O)(=O)O)cc(S(=O)(=O)O)c34)cc(C(=O)Nc3ccc(S(=O)(=O)O)c4cc(S(=O)(=O)O)cc(S(=O)(=O)O)c34)c2)cc1[N+](=O)[O-]. The lowest BCUT2D eigenvalue weighted by molar-refractivity contribution is -0.385. The van der Waals surface area contributed by atoms with Crippen molar-refractivity contribution in [2.75, 3.05) is 21.3 Å². The molecule has 0 atom stereocenters. The number of rotatable bonds is 13. The van der Waals surface area contributed by atoms with E-state index in [0.717, 1.165) is 18.2 Å². The minimum absolute atomic E-state index is 0.161. The van der Waals surface area contributed by atoms with Crippen LogP contribution in [0.25, 0.3) is 21.5 Å². The molecule has 10 N–H and O–H groups in total. The molecule has 0 aliphatic heterocycles. The molecule has 6 rings (SSSR count). The lowest BCUT2D eigenvalue weighted by Crippen LogP contribution is -2.22. The zero-order valence-corrected chi connectivity index (χ0v) is 39.0. The lowest BCUT2D eigenvalue weighted by atomic mass is 10.0. The maximum Gasteiger partial charge on any atom is 0.323 e. The molecule has 0 aliphatic rings. The van der Waals surface area contributed by atoms with Crippen LogP contribution in [0.2, 0.25) is 0 Å². The first-order chi connectivity index (χ1) is 31.9. The van der Waals surface area contributed by atoms with Crippen LogP contribution in [0.5, 0.6) is 0 Å². The van der Waals surface area contributed by atoms with E-state index in [1.165, 1.54) is 19.1 Å². The normalized spacial score (nSPS) is 12.6. The van der Waals surface area contributed by atoms with Gasteiger partial charge in [0.1, 0.15) is 19.6 Å². The molecular weight excluding hydrogens is 1060 g/mol. The van der Waals surface area contributed by atoms with Crippen molar-refractivity contribution >= 4 is 129 Å². The number of nitrogens with zero attached hydrogens (tertiary/aromatic N) is 1. The molecule has 0 spiro atoms. The molecule has 34 heteroatoms. The smallest absolute Gasteiger partial charge is 0.321 e. The minimum Gasteiger partial charge on any atom is -0.321 e. The van der Waals surface area contributed by atoms with Gasteiger partial charge in [-0.15, -0.1) is 0 Å². The average Bonchev–Trinajstić information content (AvgIpc) is 3.21. The number of hydrogen-bond donors (Lipinski definition) is 10. The summed E-state index contributed by atoms with van der Waals surface area (Å²) in [6.45, 7) is 1.39. The van der Waals surface area contributed by atoms with Gasteiger partial charge in [0.25, 0.3) is 78.2 Å². The quantitative estimate of drug-likeness (QED) is 0.0446. The Balaban J connectivity index is 1.54. The summed E-state index contributed by atoms with van der Waals surface area (Å²) in [5, 5.41) is 16.2. The van der Waals surface area contributed by atoms with E-state index in [0.29, 0.717) is 42.5 Å². The van der Waals surface area contributed by atoms with Crippen LogP contribution < -0.4 is 21.3 Å². The second kappa shape index (κ2) is 18.0. The van der Waals surface area contributed by atoms with Gasteiger partial charge in [0.15, 0.2) is 0 Å². The van der Waals surface area contributed by atoms with Gasteiger partial charge in [-0.2, -0.15) is 50.5 Å². The molecule has 6 aromatic carbocycles. The number of amides is 4. The number of benzene rings is 6. The molecule has 0 bridgehead atoms. The molecule has 0 fully saturated rings. The minimum atomic E-state index is -5.64. The summed E-state index contributed by atoms with van der Waals surface area (Å²) in [4.78, 5) is 44.2. The second-order valence-electron chi connectivity index (χ2n) is 14.3. The van der Waals surface area contributed by atoms with Crippen LogP contribution in [0.15, 0.2) is 114 Å². The fourth-order valence-corrected chi connectivity index (χ4v) is 10.8. The molecule has 0 radical (unpaired) electrons. The van der Waals surface area contributed by atoms with Crippen molar-refractivity contribution in [3.8, 4) is 0 Å². The van der Waals surface area contributed by atoms with E-state index in [9.17, 15) is 102 Å². The Labute approximate surface area is 393 Å². The lowest BCUT2D eigenvalue weighted by Gasteiger charge is -2.17. The van der Waals surface area contributed by atoms with Gasteiger partial charge in [-0.05, 0) is 79.7 Å². The van der Waals surface area contributed by atoms with Crippen LogP contribution in [0.4, 0.5) is 33.2 Å². The molecule has 0 unspecified atom stereocenters. The van der Waals surface area contributed by atoms with E-state index < -0.39 is 168 Å². The highest BCUT2D eigenvalue weighted by Crippen LogP contribution is 2.39. The molecule has 0 saturated carbocycles. The average molecular weight is 1090 g/mol. The van der Waals surface area contributed by atoms with Gasteiger partial charge in [-0.3, -0.25) is 47.0 Å². The van der Waals surface area contributed by atoms with Crippen molar-refractivity contribution in [3.05, 3.63) is 112 Å². The standard InChI is InChI=1S/C36H27N5O23S6/c1-16-2-3-19(11-27(16)41(45)46)37-36(44)38-20-9-17(34(42)39-25-4-6-28(67(53,54)55)23-12-21(65(47,48)49)14-30(32(23)25)69(59,60)61)8-18(10-20)35(43)40-26-5-7-29(68(56,57)58)24-13-22(66(50,51)52)15-31(33(24)26)70(62,63)64/h2-15H,1H3,(H,39,42)(H,40,43)(H2,37,38,44)(H,47,48,49)(H,50,51,52)(H,53,54,55)(H,56,57,58)(H,59,60,61)(H,62,63,64). The zero-order chi connectivity index (χ0) is 52.4. The molecule has 0 aliphatic carbocycles. The van der Waals surface area contributed by atoms with Gasteiger partial charge in [-0.25, -0.2) is 4.79 Å². The van der Waals surface area contributed by atoms with Crippen LogP contribution in [-0.2, 0) is 60.7 Å². The van der Waals surface area contributed by atoms with E-state index in [2.05, 4.69) is 21.3 Å². The molecule has 28 nitrogen and oxygen atoms in total. The maximum absolute atomic E-state index is 14.1. The summed E-state index contributed by atoms with van der Waals surface area (Å²) in [6, 6.07) is 8.02. The monoisotopic (exact) mass is 1090 g/mol. The van der Waals surface area contributed by atoms with Crippen LogP contribution in [0, 0.1) is 17.0 Å². The van der Waals surface area contributed by atoms with Gasteiger partial charge >= 0.3 is 6.03 Å². The van der Waals surface area contributed by atoms with Crippen LogP contribution in [-0.4, -0.2) is 101 Å². The summed E-state index contributed by atoms with van der Waals surface area (Å²) in [6.07, 6.45) is 0. The molecule has 6 aromatic rings. The van der Waals surface area contributed by atoms with Gasteiger partial charge in [0.05, 0.1) is 26.1 Å². The predicted octanol–water partition coefficient (Wildman–Crippen LogP) is 3.84. The fraction of sp³-hybridized carbons (Fsp3) is 0.0278. The van der Waals surface area contributed by atoms with Crippen LogP contribution in [0.3, 0.4) is 0 Å². The number of carbonyl (C=O) groups is 3. The Bertz CT molecular complexity index is 3830. The van der Waals surface area contributed by atoms with Crippen molar-refractivity contribution in [2.45, 2.75) is 36.3 Å². The Kier molecular flexibility index (Phi) is 13.5. The van der Waals surface area contributed by atoms with E-state index in [1.54, 1.807) is 0 Å². The predicted molar refractivity (Wildman–Crippen MR) is 240 cm³/mol. The van der Waals surface area contributed by atoms with Crippen molar-refractivity contribution < 1.29 is 97.1 Å². The molecule has 70 heavy (non-hydrogen) atoms. The Morgan fingerprint density at radius 2 is 0.843 bits per heavy atom. The second-order valence-corrected chi connectivity index (χ2v) is 22.7. The zero-order valence-electron chi connectivity index (χ0n) is 34.1. The number of hydrogen-bond acceptors (Lipinski definition) is 17. The van der Waals surface area contributed by atoms with Gasteiger partial charge < -0.3 is 21.3 Å². The largest absolute Gasteiger partial charge is 0.323 e. The summed E-state index contributed by atoms with van der Waals surface area (Å²) < 4.78 is 207. The first kappa shape index (κ1) is 52.3. The third-order valence-electron chi connectivity index (χ3n) is 9.61. The van der Waals surface area contributed by atoms with Crippen LogP contribution in [0.1, 0.15) is 26.3 Å². The van der Waals surface area contributed by atoms with Gasteiger partial charge in [0.2, 0.25) is 0 Å². The van der Waals surface area contributed by atoms with Gasteiger partial charge in [-0.1, -0.05) is 6.07 Å². The first-order valence-corrected chi connectivity index (χ1v) is 26.8. The summed E-state index contributed by atoms with van der Waals surface area (Å²) >= 11 is 0. The van der Waals surface area contributed by atoms with Crippen LogP contribution >= 0.6 is 0 Å². The third-order valence-corrected chi connectivity index (χ3v) is 14.8. The van der Waals surface area contributed by atoms with Crippen molar-refractivity contribution in [1.82, 2.24) is 0 Å². The Hall–Kier alpha value is -7.09. The third kappa shape index (κ3) is 11.2. The molecule has 0 saturated heterocycles. The number of aryl methyl sites for hydroxylation is 1. The van der Waals surface area contributed by atoms with Crippen molar-refractivity contribution in [2.24, 2.45) is 0 Å².